The van der Waals surface area contributed by atoms with Crippen LogP contribution in [0.15, 0.2) is 346 Å². The number of benzene rings is 15. The summed E-state index contributed by atoms with van der Waals surface area (Å²) in [6.45, 7) is 16.1. The lowest BCUT2D eigenvalue weighted by Gasteiger charge is -2.13. The second-order valence-electron chi connectivity index (χ2n) is 36.1. The number of ketones is 5. The summed E-state index contributed by atoms with van der Waals surface area (Å²) >= 11 is 0. The van der Waals surface area contributed by atoms with Crippen LogP contribution in [0.5, 0.6) is 34.5 Å². The van der Waals surface area contributed by atoms with Crippen molar-refractivity contribution in [1.29, 1.82) is 0 Å². The molecule has 0 saturated carbocycles. The number of rotatable bonds is 42. The lowest BCUT2D eigenvalue weighted by molar-refractivity contribution is 0.0985. The van der Waals surface area contributed by atoms with Gasteiger partial charge in [-0.3, -0.25) is 24.0 Å². The molecule has 0 aromatic heterocycles. The Hall–Kier alpha value is -15.6. The van der Waals surface area contributed by atoms with Crippen LogP contribution in [0.3, 0.4) is 0 Å². The summed E-state index contributed by atoms with van der Waals surface area (Å²) in [5, 5.41) is 9.18. The van der Waals surface area contributed by atoms with E-state index in [1.165, 1.54) is 43.0 Å². The number of aliphatic hydroxyl groups is 1. The van der Waals surface area contributed by atoms with Gasteiger partial charge in [0.25, 0.3) is 0 Å². The van der Waals surface area contributed by atoms with Gasteiger partial charge in [-0.15, -0.1) is 0 Å². The van der Waals surface area contributed by atoms with Crippen molar-refractivity contribution in [1.82, 2.24) is 24.5 Å². The maximum absolute atomic E-state index is 14.2. The molecule has 0 saturated heterocycles. The molecule has 0 aliphatic carbocycles. The van der Waals surface area contributed by atoms with Crippen molar-refractivity contribution in [2.75, 3.05) is 143 Å². The van der Waals surface area contributed by atoms with E-state index in [1.54, 1.807) is 109 Å². The fourth-order valence-corrected chi connectivity index (χ4v) is 15.5. The Balaban J connectivity index is 0.000000174. The zero-order valence-electron chi connectivity index (χ0n) is 84.9. The second kappa shape index (κ2) is 57.1. The van der Waals surface area contributed by atoms with Crippen molar-refractivity contribution in [3.63, 3.8) is 0 Å². The Labute approximate surface area is 855 Å². The molecule has 0 amide bonds. The minimum Gasteiger partial charge on any atom is -0.496 e. The number of ether oxygens (including phenoxy) is 6. The largest absolute Gasteiger partial charge is 0.496 e. The summed E-state index contributed by atoms with van der Waals surface area (Å²) in [7, 11) is 21.4. The topological polar surface area (TPSA) is 182 Å². The third kappa shape index (κ3) is 34.9. The van der Waals surface area contributed by atoms with E-state index >= 15 is 0 Å². The van der Waals surface area contributed by atoms with Crippen LogP contribution >= 0.6 is 0 Å². The van der Waals surface area contributed by atoms with Crippen LogP contribution < -0.4 is 28.4 Å². The molecule has 15 aromatic carbocycles. The van der Waals surface area contributed by atoms with E-state index in [0.717, 1.165) is 123 Å². The smallest absolute Gasteiger partial charge is 0.187 e. The van der Waals surface area contributed by atoms with E-state index < -0.39 is 17.5 Å². The van der Waals surface area contributed by atoms with E-state index in [4.69, 9.17) is 35.0 Å². The van der Waals surface area contributed by atoms with Crippen molar-refractivity contribution in [3.05, 3.63) is 447 Å². The number of halogens is 4. The van der Waals surface area contributed by atoms with E-state index in [-0.39, 0.29) is 71.7 Å². The maximum atomic E-state index is 14.2. The molecule has 0 aliphatic rings. The lowest BCUT2D eigenvalue weighted by atomic mass is 9.94. The fourth-order valence-electron chi connectivity index (χ4n) is 15.5. The normalized spacial score (nSPS) is 10.8. The molecule has 146 heavy (non-hydrogen) atoms. The summed E-state index contributed by atoms with van der Waals surface area (Å²) in [4.78, 5) is 77.9. The minimum absolute atomic E-state index is 0.00312. The van der Waals surface area contributed by atoms with Crippen molar-refractivity contribution < 1.29 is 75.1 Å². The second-order valence-corrected chi connectivity index (χ2v) is 36.1. The predicted octanol–water partition coefficient (Wildman–Crippen LogP) is 24.5. The van der Waals surface area contributed by atoms with Crippen LogP contribution in [0.2, 0.25) is 0 Å². The molecule has 0 heterocycles. The third-order valence-corrected chi connectivity index (χ3v) is 23.6. The van der Waals surface area contributed by atoms with Crippen LogP contribution in [0.1, 0.15) is 90.7 Å². The Bertz CT molecular complexity index is 6830. The van der Waals surface area contributed by atoms with E-state index in [2.05, 4.69) is 51.9 Å². The van der Waals surface area contributed by atoms with Gasteiger partial charge in [0.2, 0.25) is 0 Å². The number of likely N-dealkylation sites (N-methyl/N-ethyl adjacent to an activating group) is 5. The molecule has 1 N–H and O–H groups in total. The van der Waals surface area contributed by atoms with Crippen LogP contribution in [0.4, 0.5) is 23.2 Å². The molecule has 0 atom stereocenters. The highest BCUT2D eigenvalue weighted by Crippen LogP contribution is 2.37. The summed E-state index contributed by atoms with van der Waals surface area (Å²) < 4.78 is 88.9. The molecule has 0 unspecified atom stereocenters. The van der Waals surface area contributed by atoms with Gasteiger partial charge >= 0.3 is 0 Å². The van der Waals surface area contributed by atoms with Gasteiger partial charge in [-0.2, -0.15) is 0 Å². The van der Waals surface area contributed by atoms with Gasteiger partial charge in [0, 0.05) is 121 Å². The van der Waals surface area contributed by atoms with Crippen LogP contribution in [-0.4, -0.2) is 202 Å². The van der Waals surface area contributed by atoms with Crippen molar-refractivity contribution >= 4 is 34.6 Å². The first-order valence-corrected chi connectivity index (χ1v) is 48.2. The SMILES string of the molecule is CN(C)CCOc1ccc(C(=O)Cc2ccccc2-c2ccc(CO)c(F)c2)cc1.CN(C)CCOc1ccc(C(=O)Cc2ccccc2-c2ccc(F)cc2F)cc1.COc1cc(F)ccc1-c1ccccc1CC(=O)c1ccc(OCCN(C)C)cc1.Cc1cccc(-c2ccccc2CC(=O)c2ccc(OCCN(C)C)cc2)c1.[C-]#[N+]c1cccc(-c2ccccc2CC(=O)c2ccc(OCCN(C)C)cc2)c1. The first kappa shape index (κ1) is 111. The first-order chi connectivity index (χ1) is 70.5. The quantitative estimate of drug-likeness (QED) is 0.0216. The van der Waals surface area contributed by atoms with Gasteiger partial charge in [0.05, 0.1) is 20.3 Å². The Morgan fingerprint density at radius 1 is 0.281 bits per heavy atom. The standard InChI is InChI=1S/2C25H26FNO3.C25H24N2O2.C25H27NO2.C24H23F2NO2/c1-27(2)14-15-30-21-11-8-18(9-12-21)24(28)16-19-6-4-5-7-22(19)23-13-10-20(26)17-25(23)29-3;1-27(2)13-14-30-22-11-9-18(10-12-22)25(29)16-19-5-3-4-6-23(19)20-7-8-21(17-28)24(26)15-20;1-26-22-9-6-8-20(17-22)24-10-5-4-7-21(24)18-25(28)19-11-13-23(14-12-19)29-16-15-27(2)3;1-19-7-6-9-21(17-19)24-10-5-4-8-22(24)18-25(27)20-11-13-23(14-12-20)28-16-15-26(2)3;1-27(2)13-14-29-20-10-7-17(8-11-20)24(28)15-18-5-3-4-6-21(18)22-12-9-19(25)16-23(22)26/h4-13,17H,14-16H2,1-3H3;3-12,15,28H,13-14,16-17H2,1-2H3;4-14,17H,15-16,18H2,2-3H3;4-14,17H,15-16,18H2,1-3H3;3-12,16H,13-15H2,1-2H3. The Morgan fingerprint density at radius 3 is 0.870 bits per heavy atom. The zero-order chi connectivity index (χ0) is 104. The van der Waals surface area contributed by atoms with E-state index in [0.29, 0.717) is 108 Å². The summed E-state index contributed by atoms with van der Waals surface area (Å²) in [5.41, 5.74) is 17.7. The lowest BCUT2D eigenvalue weighted by Crippen LogP contribution is -2.19. The average Bonchev–Trinajstić information content (AvgIpc) is 0.738. The van der Waals surface area contributed by atoms with E-state index in [1.807, 2.05) is 255 Å². The molecule has 22 heteroatoms. The van der Waals surface area contributed by atoms with Gasteiger partial charge in [0.1, 0.15) is 90.8 Å². The number of hydrogen-bond acceptors (Lipinski definition) is 17. The summed E-state index contributed by atoms with van der Waals surface area (Å²) in [5.74, 6) is 2.13. The number of Topliss-reactive ketones (excluding diaryl/α,β-unsaturated/α-hetero) is 5. The molecule has 18 nitrogen and oxygen atoms in total. The minimum atomic E-state index is -0.649. The molecule has 0 fully saturated rings. The molecule has 0 bridgehead atoms. The first-order valence-electron chi connectivity index (χ1n) is 48.2. The number of carbonyl (C=O) groups is 5. The van der Waals surface area contributed by atoms with Gasteiger partial charge in [0.15, 0.2) is 34.6 Å². The monoisotopic (exact) mass is 1970 g/mol. The highest BCUT2D eigenvalue weighted by Gasteiger charge is 2.22. The molecule has 15 rings (SSSR count). The average molecular weight is 1970 g/mol. The highest BCUT2D eigenvalue weighted by atomic mass is 19.1. The third-order valence-electron chi connectivity index (χ3n) is 23.6. The van der Waals surface area contributed by atoms with Gasteiger partial charge in [-0.05, 0) is 307 Å². The predicted molar refractivity (Wildman–Crippen MR) is 575 cm³/mol. The highest BCUT2D eigenvalue weighted by molar-refractivity contribution is 6.02. The number of carbonyl (C=O) groups excluding carboxylic acids is 5. The van der Waals surface area contributed by atoms with Crippen LogP contribution in [0, 0.1) is 36.8 Å². The molecular formula is C124H126F4N6O12. The Kier molecular flexibility index (Phi) is 43.3. The number of aliphatic hydroxyl groups excluding tert-OH is 1. The molecule has 752 valence electrons. The molecule has 15 aromatic rings. The van der Waals surface area contributed by atoms with Crippen LogP contribution in [0.25, 0.3) is 60.5 Å². The van der Waals surface area contributed by atoms with Crippen LogP contribution in [-0.2, 0) is 38.7 Å². The summed E-state index contributed by atoms with van der Waals surface area (Å²) in [6, 6.07) is 103. The van der Waals surface area contributed by atoms with Crippen molar-refractivity contribution in [2.24, 2.45) is 0 Å². The van der Waals surface area contributed by atoms with Crippen molar-refractivity contribution in [2.45, 2.75) is 45.6 Å². The molecule has 0 radical (unpaired) electrons. The van der Waals surface area contributed by atoms with Crippen molar-refractivity contribution in [3.8, 4) is 90.1 Å². The Morgan fingerprint density at radius 2 is 0.568 bits per heavy atom. The fraction of sp³-hybridized carbons (Fsp3) is 0.226. The maximum Gasteiger partial charge on any atom is 0.187 e. The number of nitrogens with zero attached hydrogens (tertiary/aromatic N) is 6. The number of methoxy groups -OCH3 is 1. The molecule has 0 aliphatic heterocycles. The molecular weight excluding hydrogens is 1840 g/mol. The molecule has 0 spiro atoms. The number of hydrogen-bond donors (Lipinski definition) is 1. The van der Waals surface area contributed by atoms with E-state index in [9.17, 15) is 46.6 Å². The van der Waals surface area contributed by atoms with Gasteiger partial charge in [-0.1, -0.05) is 181 Å². The zero-order valence-corrected chi connectivity index (χ0v) is 84.9. The summed E-state index contributed by atoms with van der Waals surface area (Å²) in [6.07, 6.45) is 1.25. The number of aryl methyl sites for hydroxylation is 1. The van der Waals surface area contributed by atoms with Gasteiger partial charge < -0.3 is 58.0 Å². The van der Waals surface area contributed by atoms with Gasteiger partial charge in [-0.25, -0.2) is 22.4 Å².